The lowest BCUT2D eigenvalue weighted by molar-refractivity contribution is 0.243. The zero-order valence-corrected chi connectivity index (χ0v) is 14.9. The van der Waals surface area contributed by atoms with Crippen LogP contribution in [0.15, 0.2) is 6.20 Å². The van der Waals surface area contributed by atoms with E-state index in [1.54, 1.807) is 4.31 Å². The van der Waals surface area contributed by atoms with Gasteiger partial charge in [-0.2, -0.15) is 9.29 Å². The van der Waals surface area contributed by atoms with E-state index in [-0.39, 0.29) is 17.4 Å². The summed E-state index contributed by atoms with van der Waals surface area (Å²) in [6, 6.07) is -0.162. The van der Waals surface area contributed by atoms with Gasteiger partial charge < -0.3 is 5.32 Å². The minimum absolute atomic E-state index is 0.0492. The first kappa shape index (κ1) is 17.7. The van der Waals surface area contributed by atoms with Crippen molar-refractivity contribution in [1.82, 2.24) is 14.3 Å². The second kappa shape index (κ2) is 7.29. The molecule has 0 aliphatic heterocycles. The van der Waals surface area contributed by atoms with E-state index in [9.17, 15) is 8.42 Å². The minimum Gasteiger partial charge on any atom is -0.364 e. The molecule has 1 aromatic heterocycles. The number of sulfonamides is 1. The SMILES string of the molecule is CCN([C@@H]1CCCC[C@H]1Nc1nc(Cl)ncc1Cl)S(C)(=O)=O. The normalized spacial score (nSPS) is 22.8. The Labute approximate surface area is 141 Å². The zero-order chi connectivity index (χ0) is 16.3. The van der Waals surface area contributed by atoms with E-state index in [1.165, 1.54) is 12.5 Å². The van der Waals surface area contributed by atoms with Gasteiger partial charge in [-0.25, -0.2) is 13.4 Å². The van der Waals surface area contributed by atoms with E-state index in [0.717, 1.165) is 25.7 Å². The molecule has 0 spiro atoms. The molecule has 0 aromatic carbocycles. The molecule has 0 radical (unpaired) electrons. The fourth-order valence-electron chi connectivity index (χ4n) is 2.96. The Kier molecular flexibility index (Phi) is 5.87. The summed E-state index contributed by atoms with van der Waals surface area (Å²) >= 11 is 11.9. The van der Waals surface area contributed by atoms with Crippen molar-refractivity contribution in [2.45, 2.75) is 44.7 Å². The predicted octanol–water partition coefficient (Wildman–Crippen LogP) is 2.79. The number of nitrogens with one attached hydrogen (secondary N) is 1. The molecule has 1 N–H and O–H groups in total. The summed E-state index contributed by atoms with van der Waals surface area (Å²) in [5.41, 5.74) is 0. The maximum absolute atomic E-state index is 12.0. The van der Waals surface area contributed by atoms with Crippen LogP contribution in [0.25, 0.3) is 0 Å². The highest BCUT2D eigenvalue weighted by Crippen LogP contribution is 2.29. The summed E-state index contributed by atoms with van der Waals surface area (Å²) in [6.45, 7) is 2.29. The Balaban J connectivity index is 2.25. The molecular formula is C13H20Cl2N4O2S. The van der Waals surface area contributed by atoms with Crippen LogP contribution in [0.5, 0.6) is 0 Å². The van der Waals surface area contributed by atoms with Gasteiger partial charge in [-0.1, -0.05) is 31.4 Å². The van der Waals surface area contributed by atoms with E-state index < -0.39 is 10.0 Å². The first-order valence-electron chi connectivity index (χ1n) is 7.24. The fraction of sp³-hybridized carbons (Fsp3) is 0.692. The van der Waals surface area contributed by atoms with Gasteiger partial charge in [0.05, 0.1) is 12.5 Å². The van der Waals surface area contributed by atoms with Crippen LogP contribution >= 0.6 is 23.2 Å². The average Bonchev–Trinajstić information content (AvgIpc) is 2.44. The molecule has 1 fully saturated rings. The molecule has 0 amide bonds. The van der Waals surface area contributed by atoms with Crippen molar-refractivity contribution >= 4 is 39.0 Å². The highest BCUT2D eigenvalue weighted by atomic mass is 35.5. The quantitative estimate of drug-likeness (QED) is 0.810. The Morgan fingerprint density at radius 2 is 2.05 bits per heavy atom. The molecule has 9 heteroatoms. The van der Waals surface area contributed by atoms with E-state index >= 15 is 0 Å². The van der Waals surface area contributed by atoms with Crippen LogP contribution in [0.4, 0.5) is 5.82 Å². The molecule has 1 saturated carbocycles. The van der Waals surface area contributed by atoms with Crippen LogP contribution in [0.1, 0.15) is 32.6 Å². The van der Waals surface area contributed by atoms with E-state index in [2.05, 4.69) is 15.3 Å². The number of aromatic nitrogens is 2. The Morgan fingerprint density at radius 1 is 1.36 bits per heavy atom. The number of halogens is 2. The molecule has 1 aromatic rings. The van der Waals surface area contributed by atoms with Crippen molar-refractivity contribution in [3.05, 3.63) is 16.5 Å². The zero-order valence-electron chi connectivity index (χ0n) is 12.6. The van der Waals surface area contributed by atoms with Crippen LogP contribution in [-0.2, 0) is 10.0 Å². The smallest absolute Gasteiger partial charge is 0.224 e. The number of likely N-dealkylation sites (N-methyl/N-ethyl adjacent to an activating group) is 1. The molecular weight excluding hydrogens is 347 g/mol. The lowest BCUT2D eigenvalue weighted by atomic mass is 9.90. The van der Waals surface area contributed by atoms with Gasteiger partial charge >= 0.3 is 0 Å². The van der Waals surface area contributed by atoms with Crippen molar-refractivity contribution in [1.29, 1.82) is 0 Å². The lowest BCUT2D eigenvalue weighted by Crippen LogP contribution is -2.50. The van der Waals surface area contributed by atoms with Gasteiger partial charge in [0.2, 0.25) is 15.3 Å². The third-order valence-electron chi connectivity index (χ3n) is 3.87. The van der Waals surface area contributed by atoms with Crippen LogP contribution in [0.2, 0.25) is 10.3 Å². The van der Waals surface area contributed by atoms with E-state index in [0.29, 0.717) is 17.4 Å². The maximum Gasteiger partial charge on any atom is 0.224 e. The summed E-state index contributed by atoms with van der Waals surface area (Å²) in [5.74, 6) is 0.447. The summed E-state index contributed by atoms with van der Waals surface area (Å²) < 4.78 is 25.6. The molecule has 22 heavy (non-hydrogen) atoms. The second-order valence-electron chi connectivity index (χ2n) is 5.40. The molecule has 1 aliphatic carbocycles. The summed E-state index contributed by atoms with van der Waals surface area (Å²) in [5, 5.41) is 3.73. The standard InChI is InChI=1S/C13H20Cl2N4O2S/c1-3-19(22(2,20)21)11-7-5-4-6-10(11)17-12-9(14)8-16-13(15)18-12/h8,10-11H,3-7H2,1-2H3,(H,16,17,18)/t10-,11-/m1/s1. The Hall–Kier alpha value is -0.630. The Morgan fingerprint density at radius 3 is 2.68 bits per heavy atom. The molecule has 0 saturated heterocycles. The first-order valence-corrected chi connectivity index (χ1v) is 9.84. The first-order chi connectivity index (χ1) is 10.3. The van der Waals surface area contributed by atoms with Crippen LogP contribution in [0, 0.1) is 0 Å². The van der Waals surface area contributed by atoms with Crippen molar-refractivity contribution in [2.75, 3.05) is 18.1 Å². The highest BCUT2D eigenvalue weighted by molar-refractivity contribution is 7.88. The Bertz CT molecular complexity index is 626. The second-order valence-corrected chi connectivity index (χ2v) is 8.08. The largest absolute Gasteiger partial charge is 0.364 e. The highest BCUT2D eigenvalue weighted by Gasteiger charge is 2.34. The predicted molar refractivity (Wildman–Crippen MR) is 88.9 cm³/mol. The summed E-state index contributed by atoms with van der Waals surface area (Å²) in [4.78, 5) is 7.91. The number of hydrogen-bond acceptors (Lipinski definition) is 5. The molecule has 2 atom stereocenters. The van der Waals surface area contributed by atoms with Gasteiger partial charge in [0.15, 0.2) is 0 Å². The van der Waals surface area contributed by atoms with Crippen LogP contribution in [-0.4, -0.2) is 47.6 Å². The third kappa shape index (κ3) is 4.22. The lowest BCUT2D eigenvalue weighted by Gasteiger charge is -2.38. The molecule has 6 nitrogen and oxygen atoms in total. The average molecular weight is 367 g/mol. The van der Waals surface area contributed by atoms with Gasteiger partial charge in [0.25, 0.3) is 0 Å². The minimum atomic E-state index is -3.26. The van der Waals surface area contributed by atoms with E-state index in [1.807, 2.05) is 6.92 Å². The number of hydrogen-bond donors (Lipinski definition) is 1. The topological polar surface area (TPSA) is 75.2 Å². The van der Waals surface area contributed by atoms with Gasteiger partial charge in [0.1, 0.15) is 10.8 Å². The summed E-state index contributed by atoms with van der Waals surface area (Å²) in [7, 11) is -3.26. The third-order valence-corrected chi connectivity index (χ3v) is 5.71. The fourth-order valence-corrected chi connectivity index (χ4v) is 4.45. The van der Waals surface area contributed by atoms with Crippen molar-refractivity contribution in [3.63, 3.8) is 0 Å². The van der Waals surface area contributed by atoms with Crippen molar-refractivity contribution < 1.29 is 8.42 Å². The van der Waals surface area contributed by atoms with Crippen LogP contribution < -0.4 is 5.32 Å². The number of anilines is 1. The molecule has 2 rings (SSSR count). The van der Waals surface area contributed by atoms with Gasteiger partial charge in [0, 0.05) is 18.6 Å². The monoisotopic (exact) mass is 366 g/mol. The van der Waals surface area contributed by atoms with Crippen LogP contribution in [0.3, 0.4) is 0 Å². The molecule has 124 valence electrons. The van der Waals surface area contributed by atoms with Crippen molar-refractivity contribution in [2.24, 2.45) is 0 Å². The molecule has 1 aliphatic rings. The van der Waals surface area contributed by atoms with Crippen molar-refractivity contribution in [3.8, 4) is 0 Å². The maximum atomic E-state index is 12.0. The van der Waals surface area contributed by atoms with E-state index in [4.69, 9.17) is 23.2 Å². The number of nitrogens with zero attached hydrogens (tertiary/aromatic N) is 3. The van der Waals surface area contributed by atoms with Gasteiger partial charge in [-0.05, 0) is 24.4 Å². The van der Waals surface area contributed by atoms with Gasteiger partial charge in [-0.3, -0.25) is 0 Å². The molecule has 0 bridgehead atoms. The number of rotatable bonds is 5. The van der Waals surface area contributed by atoms with Gasteiger partial charge in [-0.15, -0.1) is 0 Å². The molecule has 1 heterocycles. The molecule has 0 unspecified atom stereocenters. The summed E-state index contributed by atoms with van der Waals surface area (Å²) in [6.07, 6.45) is 6.39.